The lowest BCUT2D eigenvalue weighted by Crippen LogP contribution is -2.05. The molecular weight excluding hydrogens is 296 g/mol. The van der Waals surface area contributed by atoms with Gasteiger partial charge in [0, 0.05) is 6.54 Å². The number of aromatic nitrogens is 5. The first kappa shape index (κ1) is 12.9. The fourth-order valence-electron chi connectivity index (χ4n) is 2.28. The molecule has 3 aromatic heterocycles. The minimum atomic E-state index is 0.622. The van der Waals surface area contributed by atoms with Gasteiger partial charge in [-0.05, 0) is 50.0 Å². The first-order chi connectivity index (χ1) is 10.9. The number of thiophene rings is 1. The average molecular weight is 308 g/mol. The Balaban J connectivity index is 1.57. The smallest absolute Gasteiger partial charge is 0.199 e. The third-order valence-corrected chi connectivity index (χ3v) is 4.05. The van der Waals surface area contributed by atoms with Crippen LogP contribution in [0.5, 0.6) is 0 Å². The molecule has 108 valence electrons. The standard InChI is InChI=1S/C15H12N6S/c1-2-11(6-12(3-1)13-4-5-22-10-13)7-17-14-8-16-9-15-18-19-20-21(14)15/h1-6,8-10,17H,7H2. The quantitative estimate of drug-likeness (QED) is 0.628. The number of fused-ring (bicyclic) bond motifs is 1. The highest BCUT2D eigenvalue weighted by Crippen LogP contribution is 2.23. The Morgan fingerprint density at radius 1 is 1.14 bits per heavy atom. The van der Waals surface area contributed by atoms with Crippen molar-refractivity contribution in [2.45, 2.75) is 6.54 Å². The zero-order valence-corrected chi connectivity index (χ0v) is 12.4. The van der Waals surface area contributed by atoms with Crippen molar-refractivity contribution in [1.82, 2.24) is 25.0 Å². The molecule has 0 saturated carbocycles. The number of rotatable bonds is 4. The van der Waals surface area contributed by atoms with E-state index in [-0.39, 0.29) is 0 Å². The van der Waals surface area contributed by atoms with Gasteiger partial charge in [0.1, 0.15) is 0 Å². The van der Waals surface area contributed by atoms with E-state index < -0.39 is 0 Å². The summed E-state index contributed by atoms with van der Waals surface area (Å²) in [7, 11) is 0. The van der Waals surface area contributed by atoms with E-state index in [4.69, 9.17) is 0 Å². The molecule has 0 spiro atoms. The predicted octanol–water partition coefficient (Wildman–Crippen LogP) is 2.86. The molecule has 6 nitrogen and oxygen atoms in total. The van der Waals surface area contributed by atoms with Crippen LogP contribution in [0.15, 0.2) is 53.5 Å². The van der Waals surface area contributed by atoms with Crippen LogP contribution < -0.4 is 5.32 Å². The highest BCUT2D eigenvalue weighted by atomic mass is 32.1. The van der Waals surface area contributed by atoms with Gasteiger partial charge in [0.05, 0.1) is 12.4 Å². The van der Waals surface area contributed by atoms with E-state index in [2.05, 4.69) is 66.9 Å². The molecule has 0 radical (unpaired) electrons. The Hall–Kier alpha value is -2.80. The molecule has 3 heterocycles. The molecular formula is C15H12N6S. The van der Waals surface area contributed by atoms with Crippen LogP contribution in [0.1, 0.15) is 5.56 Å². The van der Waals surface area contributed by atoms with E-state index >= 15 is 0 Å². The molecule has 4 rings (SSSR count). The largest absolute Gasteiger partial charge is 0.365 e. The number of nitrogens with one attached hydrogen (secondary N) is 1. The van der Waals surface area contributed by atoms with Crippen molar-refractivity contribution in [1.29, 1.82) is 0 Å². The van der Waals surface area contributed by atoms with E-state index in [1.165, 1.54) is 16.7 Å². The van der Waals surface area contributed by atoms with Gasteiger partial charge in [-0.3, -0.25) is 4.98 Å². The summed E-state index contributed by atoms with van der Waals surface area (Å²) in [5.41, 5.74) is 4.28. The van der Waals surface area contributed by atoms with E-state index in [0.717, 1.165) is 5.82 Å². The van der Waals surface area contributed by atoms with Gasteiger partial charge >= 0.3 is 0 Å². The third kappa shape index (κ3) is 2.42. The van der Waals surface area contributed by atoms with Crippen molar-refractivity contribution in [2.75, 3.05) is 5.32 Å². The minimum Gasteiger partial charge on any atom is -0.365 e. The van der Waals surface area contributed by atoms with Crippen molar-refractivity contribution in [2.24, 2.45) is 0 Å². The second kappa shape index (κ2) is 5.53. The van der Waals surface area contributed by atoms with Crippen LogP contribution in [0.25, 0.3) is 16.8 Å². The molecule has 1 N–H and O–H groups in total. The zero-order chi connectivity index (χ0) is 14.8. The predicted molar refractivity (Wildman–Crippen MR) is 85.7 cm³/mol. The maximum Gasteiger partial charge on any atom is 0.199 e. The SMILES string of the molecule is c1cc(CNc2cncc3nnnn23)cc(-c2ccsc2)c1. The molecule has 0 atom stereocenters. The topological polar surface area (TPSA) is 68.0 Å². The summed E-state index contributed by atoms with van der Waals surface area (Å²) < 4.78 is 1.63. The highest BCUT2D eigenvalue weighted by molar-refractivity contribution is 7.08. The Bertz CT molecular complexity index is 899. The zero-order valence-electron chi connectivity index (χ0n) is 11.5. The molecule has 0 unspecified atom stereocenters. The molecule has 0 aliphatic carbocycles. The van der Waals surface area contributed by atoms with Crippen molar-refractivity contribution >= 4 is 22.8 Å². The van der Waals surface area contributed by atoms with Gasteiger partial charge in [-0.1, -0.05) is 18.2 Å². The van der Waals surface area contributed by atoms with Gasteiger partial charge < -0.3 is 5.32 Å². The minimum absolute atomic E-state index is 0.622. The Morgan fingerprint density at radius 3 is 3.05 bits per heavy atom. The first-order valence-corrected chi connectivity index (χ1v) is 7.72. The Morgan fingerprint density at radius 2 is 2.14 bits per heavy atom. The Labute approximate surface area is 130 Å². The molecule has 0 fully saturated rings. The van der Waals surface area contributed by atoms with Crippen LogP contribution in [0.2, 0.25) is 0 Å². The number of nitrogens with zero attached hydrogens (tertiary/aromatic N) is 5. The molecule has 1 aromatic carbocycles. The maximum absolute atomic E-state index is 4.13. The number of tetrazole rings is 1. The summed E-state index contributed by atoms with van der Waals surface area (Å²) in [5.74, 6) is 0.767. The third-order valence-electron chi connectivity index (χ3n) is 3.36. The number of benzene rings is 1. The molecule has 0 aliphatic heterocycles. The van der Waals surface area contributed by atoms with E-state index in [9.17, 15) is 0 Å². The van der Waals surface area contributed by atoms with Gasteiger partial charge in [0.15, 0.2) is 11.5 Å². The number of hydrogen-bond donors (Lipinski definition) is 1. The first-order valence-electron chi connectivity index (χ1n) is 6.78. The summed E-state index contributed by atoms with van der Waals surface area (Å²) in [6.45, 7) is 0.679. The second-order valence-corrected chi connectivity index (χ2v) is 5.59. The molecule has 0 saturated heterocycles. The molecule has 22 heavy (non-hydrogen) atoms. The number of hydrogen-bond acceptors (Lipinski definition) is 6. The normalized spacial score (nSPS) is 10.9. The summed E-state index contributed by atoms with van der Waals surface area (Å²) in [6, 6.07) is 10.6. The lowest BCUT2D eigenvalue weighted by Gasteiger charge is -2.08. The summed E-state index contributed by atoms with van der Waals surface area (Å²) in [4.78, 5) is 4.13. The van der Waals surface area contributed by atoms with E-state index in [1.807, 2.05) is 0 Å². The second-order valence-electron chi connectivity index (χ2n) is 4.81. The molecule has 4 aromatic rings. The highest BCUT2D eigenvalue weighted by Gasteiger charge is 2.04. The van der Waals surface area contributed by atoms with Gasteiger partial charge in [-0.2, -0.15) is 15.9 Å². The van der Waals surface area contributed by atoms with Crippen molar-refractivity contribution in [3.8, 4) is 11.1 Å². The van der Waals surface area contributed by atoms with Gasteiger partial charge in [0.2, 0.25) is 0 Å². The van der Waals surface area contributed by atoms with Gasteiger partial charge in [0.25, 0.3) is 0 Å². The summed E-state index contributed by atoms with van der Waals surface area (Å²) in [5, 5.41) is 19.0. The molecule has 7 heteroatoms. The van der Waals surface area contributed by atoms with Crippen LogP contribution >= 0.6 is 11.3 Å². The molecule has 0 amide bonds. The fraction of sp³-hybridized carbons (Fsp3) is 0.0667. The van der Waals surface area contributed by atoms with Crippen molar-refractivity contribution < 1.29 is 0 Å². The summed E-state index contributed by atoms with van der Waals surface area (Å²) >= 11 is 1.70. The van der Waals surface area contributed by atoms with Crippen molar-refractivity contribution in [3.05, 3.63) is 59.0 Å². The molecule has 0 aliphatic rings. The lowest BCUT2D eigenvalue weighted by atomic mass is 10.1. The monoisotopic (exact) mass is 308 g/mol. The van der Waals surface area contributed by atoms with Crippen LogP contribution in [-0.4, -0.2) is 25.0 Å². The van der Waals surface area contributed by atoms with E-state index in [1.54, 1.807) is 28.2 Å². The fourth-order valence-corrected chi connectivity index (χ4v) is 2.94. The number of anilines is 1. The van der Waals surface area contributed by atoms with E-state index in [0.29, 0.717) is 12.2 Å². The van der Waals surface area contributed by atoms with Crippen LogP contribution in [0.3, 0.4) is 0 Å². The van der Waals surface area contributed by atoms with Crippen LogP contribution in [0, 0.1) is 0 Å². The van der Waals surface area contributed by atoms with Gasteiger partial charge in [-0.15, -0.1) is 5.10 Å². The van der Waals surface area contributed by atoms with Gasteiger partial charge in [-0.25, -0.2) is 0 Å². The van der Waals surface area contributed by atoms with Crippen molar-refractivity contribution in [3.63, 3.8) is 0 Å². The molecule has 0 bridgehead atoms. The van der Waals surface area contributed by atoms with Crippen LogP contribution in [0.4, 0.5) is 5.82 Å². The van der Waals surface area contributed by atoms with Crippen LogP contribution in [-0.2, 0) is 6.54 Å². The average Bonchev–Trinajstić information content (AvgIpc) is 3.24. The Kier molecular flexibility index (Phi) is 3.24. The summed E-state index contributed by atoms with van der Waals surface area (Å²) in [6.07, 6.45) is 3.34. The maximum atomic E-state index is 4.13. The lowest BCUT2D eigenvalue weighted by molar-refractivity contribution is 0.819.